The monoisotopic (exact) mass is 335 g/mol. The Bertz CT molecular complexity index is 1120. The quantitative estimate of drug-likeness (QED) is 0.604. The topological polar surface area (TPSA) is 75.1 Å². The van der Waals surface area contributed by atoms with E-state index in [2.05, 4.69) is 20.3 Å². The largest absolute Gasteiger partial charge is 0.345 e. The first-order valence-electron chi connectivity index (χ1n) is 8.05. The summed E-state index contributed by atoms with van der Waals surface area (Å²) >= 11 is 0. The van der Waals surface area contributed by atoms with Crippen LogP contribution >= 0.6 is 0 Å². The molecule has 1 saturated carbocycles. The molecular weight excluding hydrogens is 321 g/mol. The molecule has 25 heavy (non-hydrogen) atoms. The first-order chi connectivity index (χ1) is 12.2. The van der Waals surface area contributed by atoms with Crippen LogP contribution in [-0.2, 0) is 4.79 Å². The van der Waals surface area contributed by atoms with Crippen LogP contribution in [0, 0.1) is 5.92 Å². The number of amides is 1. The molecule has 5 rings (SSSR count). The molecule has 2 atom stereocenters. The molecule has 7 heteroatoms. The Morgan fingerprint density at radius 2 is 2.20 bits per heavy atom. The molecule has 1 aliphatic carbocycles. The first kappa shape index (κ1) is 14.2. The van der Waals surface area contributed by atoms with E-state index in [1.165, 1.54) is 0 Å². The lowest BCUT2D eigenvalue weighted by molar-refractivity contribution is -0.117. The Morgan fingerprint density at radius 3 is 3.04 bits per heavy atom. The summed E-state index contributed by atoms with van der Waals surface area (Å²) in [6.07, 6.45) is 6.84. The van der Waals surface area contributed by atoms with Crippen molar-refractivity contribution in [2.45, 2.75) is 12.6 Å². The third-order valence-electron chi connectivity index (χ3n) is 4.54. The highest BCUT2D eigenvalue weighted by molar-refractivity contribution is 5.97. The third-order valence-corrected chi connectivity index (χ3v) is 4.54. The number of alkyl halides is 1. The third kappa shape index (κ3) is 2.36. The van der Waals surface area contributed by atoms with E-state index in [1.54, 1.807) is 12.3 Å². The van der Waals surface area contributed by atoms with Gasteiger partial charge in [0.15, 0.2) is 0 Å². The van der Waals surface area contributed by atoms with Crippen molar-refractivity contribution < 1.29 is 9.18 Å². The van der Waals surface area contributed by atoms with Gasteiger partial charge < -0.3 is 14.7 Å². The van der Waals surface area contributed by atoms with E-state index in [1.807, 2.05) is 41.2 Å². The molecular formula is C18H14FN5O. The van der Waals surface area contributed by atoms with Crippen molar-refractivity contribution in [1.29, 1.82) is 0 Å². The minimum Gasteiger partial charge on any atom is -0.345 e. The van der Waals surface area contributed by atoms with Crippen LogP contribution in [0.15, 0.2) is 49.1 Å². The highest BCUT2D eigenvalue weighted by atomic mass is 19.1. The Kier molecular flexibility index (Phi) is 2.91. The molecule has 0 aromatic carbocycles. The number of imidazole rings is 1. The van der Waals surface area contributed by atoms with Crippen LogP contribution in [0.2, 0.25) is 0 Å². The standard InChI is InChI=1S/C18H14FN5O/c19-14-7-12(14)18(25)23-15-3-2-11-13(8-21-17(11)22-15)10-1-4-16-20-5-6-24(16)9-10/h1-6,8-9,12,14H,7H2,(H2,21,22,23,25). The second kappa shape index (κ2) is 5.14. The highest BCUT2D eigenvalue weighted by Crippen LogP contribution is 2.35. The van der Waals surface area contributed by atoms with Gasteiger partial charge in [0.05, 0.1) is 5.92 Å². The molecule has 0 radical (unpaired) electrons. The molecule has 0 spiro atoms. The van der Waals surface area contributed by atoms with Gasteiger partial charge in [-0.05, 0) is 30.7 Å². The maximum atomic E-state index is 13.0. The summed E-state index contributed by atoms with van der Waals surface area (Å²) in [6.45, 7) is 0. The van der Waals surface area contributed by atoms with Crippen molar-refractivity contribution in [3.05, 3.63) is 49.1 Å². The maximum Gasteiger partial charge on any atom is 0.231 e. The maximum absolute atomic E-state index is 13.0. The van der Waals surface area contributed by atoms with Crippen molar-refractivity contribution >= 4 is 28.4 Å². The number of hydrogen-bond donors (Lipinski definition) is 2. The van der Waals surface area contributed by atoms with Crippen LogP contribution < -0.4 is 5.32 Å². The van der Waals surface area contributed by atoms with Crippen LogP contribution in [-0.4, -0.2) is 31.4 Å². The summed E-state index contributed by atoms with van der Waals surface area (Å²) in [6, 6.07) is 7.61. The number of carbonyl (C=O) groups is 1. The predicted octanol–water partition coefficient (Wildman–Crippen LogP) is 3.17. The minimum atomic E-state index is -1.01. The number of pyridine rings is 2. The van der Waals surface area contributed by atoms with Gasteiger partial charge in [-0.3, -0.25) is 4.79 Å². The zero-order valence-electron chi connectivity index (χ0n) is 13.1. The number of hydrogen-bond acceptors (Lipinski definition) is 3. The van der Waals surface area contributed by atoms with Gasteiger partial charge in [-0.1, -0.05) is 0 Å². The van der Waals surface area contributed by atoms with Gasteiger partial charge in [0.2, 0.25) is 5.91 Å². The summed E-state index contributed by atoms with van der Waals surface area (Å²) < 4.78 is 14.9. The van der Waals surface area contributed by atoms with Crippen LogP contribution in [0.3, 0.4) is 0 Å². The Labute approximate surface area is 141 Å². The molecule has 4 aromatic rings. The first-order valence-corrected chi connectivity index (χ1v) is 8.05. The van der Waals surface area contributed by atoms with Gasteiger partial charge in [-0.25, -0.2) is 14.4 Å². The minimum absolute atomic E-state index is 0.303. The molecule has 4 aromatic heterocycles. The lowest BCUT2D eigenvalue weighted by Gasteiger charge is -2.04. The Hall–Kier alpha value is -3.22. The molecule has 0 bridgehead atoms. The van der Waals surface area contributed by atoms with Gasteiger partial charge in [-0.15, -0.1) is 0 Å². The van der Waals surface area contributed by atoms with Crippen molar-refractivity contribution in [3.63, 3.8) is 0 Å². The number of fused-ring (bicyclic) bond motifs is 2. The summed E-state index contributed by atoms with van der Waals surface area (Å²) in [4.78, 5) is 23.6. The molecule has 1 amide bonds. The highest BCUT2D eigenvalue weighted by Gasteiger charge is 2.43. The average molecular weight is 335 g/mol. The second-order valence-electron chi connectivity index (χ2n) is 6.25. The zero-order chi connectivity index (χ0) is 17.0. The number of anilines is 1. The molecule has 0 aliphatic heterocycles. The van der Waals surface area contributed by atoms with E-state index in [9.17, 15) is 9.18 Å². The number of rotatable bonds is 3. The summed E-state index contributed by atoms with van der Waals surface area (Å²) in [5.41, 5.74) is 3.61. The van der Waals surface area contributed by atoms with Gasteiger partial charge >= 0.3 is 0 Å². The normalized spacial score (nSPS) is 19.4. The SMILES string of the molecule is O=C(Nc1ccc2c(-c3ccc4nccn4c3)c[nH]c2n1)C1CC1F. The molecule has 2 unspecified atom stereocenters. The van der Waals surface area contributed by atoms with Crippen LogP contribution in [0.1, 0.15) is 6.42 Å². The Morgan fingerprint density at radius 1 is 1.32 bits per heavy atom. The molecule has 4 heterocycles. The number of aromatic amines is 1. The van der Waals surface area contributed by atoms with Crippen molar-refractivity contribution in [3.8, 4) is 11.1 Å². The number of halogens is 1. The zero-order valence-corrected chi connectivity index (χ0v) is 13.1. The van der Waals surface area contributed by atoms with E-state index >= 15 is 0 Å². The van der Waals surface area contributed by atoms with Gasteiger partial charge in [0.25, 0.3) is 0 Å². The van der Waals surface area contributed by atoms with Crippen molar-refractivity contribution in [2.24, 2.45) is 5.92 Å². The molecule has 0 saturated heterocycles. The fourth-order valence-electron chi connectivity index (χ4n) is 3.05. The molecule has 6 nitrogen and oxygen atoms in total. The predicted molar refractivity (Wildman–Crippen MR) is 91.9 cm³/mol. The van der Waals surface area contributed by atoms with Crippen LogP contribution in [0.25, 0.3) is 27.8 Å². The summed E-state index contributed by atoms with van der Waals surface area (Å²) in [7, 11) is 0. The van der Waals surface area contributed by atoms with Gasteiger partial charge in [0.1, 0.15) is 23.3 Å². The summed E-state index contributed by atoms with van der Waals surface area (Å²) in [5.74, 6) is -0.412. The summed E-state index contributed by atoms with van der Waals surface area (Å²) in [5, 5.41) is 3.62. The number of carbonyl (C=O) groups excluding carboxylic acids is 1. The number of aromatic nitrogens is 4. The lowest BCUT2D eigenvalue weighted by Crippen LogP contribution is -2.15. The van der Waals surface area contributed by atoms with Gasteiger partial charge in [0, 0.05) is 41.3 Å². The number of H-pyrrole nitrogens is 1. The van der Waals surface area contributed by atoms with E-state index in [-0.39, 0.29) is 5.91 Å². The number of nitrogens with one attached hydrogen (secondary N) is 2. The van der Waals surface area contributed by atoms with Crippen molar-refractivity contribution in [1.82, 2.24) is 19.4 Å². The van der Waals surface area contributed by atoms with E-state index < -0.39 is 12.1 Å². The number of nitrogens with zero attached hydrogens (tertiary/aromatic N) is 3. The van der Waals surface area contributed by atoms with E-state index in [0.717, 1.165) is 22.2 Å². The van der Waals surface area contributed by atoms with Gasteiger partial charge in [-0.2, -0.15) is 0 Å². The average Bonchev–Trinajstić information content (AvgIpc) is 3.02. The van der Waals surface area contributed by atoms with E-state index in [0.29, 0.717) is 17.9 Å². The molecule has 1 aliphatic rings. The fraction of sp³-hybridized carbons (Fsp3) is 0.167. The molecule has 2 N–H and O–H groups in total. The van der Waals surface area contributed by atoms with E-state index in [4.69, 9.17) is 0 Å². The molecule has 124 valence electrons. The van der Waals surface area contributed by atoms with Crippen LogP contribution in [0.5, 0.6) is 0 Å². The smallest absolute Gasteiger partial charge is 0.231 e. The Balaban J connectivity index is 1.49. The van der Waals surface area contributed by atoms with Crippen LogP contribution in [0.4, 0.5) is 10.2 Å². The second-order valence-corrected chi connectivity index (χ2v) is 6.25. The fourth-order valence-corrected chi connectivity index (χ4v) is 3.05. The molecule has 1 fully saturated rings. The lowest BCUT2D eigenvalue weighted by atomic mass is 10.1. The van der Waals surface area contributed by atoms with Crippen molar-refractivity contribution in [2.75, 3.05) is 5.32 Å².